The number of ether oxygens (including phenoxy) is 1. The number of thioether (sulfide) groups is 1. The summed E-state index contributed by atoms with van der Waals surface area (Å²) in [6.45, 7) is 10.2. The van der Waals surface area contributed by atoms with Crippen LogP contribution in [-0.2, 0) is 19.1 Å². The van der Waals surface area contributed by atoms with E-state index in [-0.39, 0.29) is 44.1 Å². The van der Waals surface area contributed by atoms with E-state index in [2.05, 4.69) is 13.2 Å². The fourth-order valence-corrected chi connectivity index (χ4v) is 8.87. The van der Waals surface area contributed by atoms with Gasteiger partial charge in [0.05, 0.1) is 33.9 Å². The van der Waals surface area contributed by atoms with Crippen molar-refractivity contribution >= 4 is 46.8 Å². The van der Waals surface area contributed by atoms with Gasteiger partial charge in [0.2, 0.25) is 5.91 Å². The van der Waals surface area contributed by atoms with Crippen molar-refractivity contribution in [3.8, 4) is 0 Å². The number of benzene rings is 1. The molecule has 0 radical (unpaired) electrons. The Morgan fingerprint density at radius 2 is 2.03 bits per heavy atom. The molecule has 3 aliphatic rings. The molecule has 5 atom stereocenters. The van der Waals surface area contributed by atoms with Gasteiger partial charge >= 0.3 is 5.97 Å². The highest BCUT2D eigenvalue weighted by atomic mass is 35.5. The molecule has 1 aromatic rings. The van der Waals surface area contributed by atoms with Crippen LogP contribution in [0.15, 0.2) is 49.6 Å². The van der Waals surface area contributed by atoms with E-state index in [0.717, 1.165) is 6.42 Å². The van der Waals surface area contributed by atoms with Crippen LogP contribution in [0, 0.1) is 11.8 Å². The Morgan fingerprint density at radius 1 is 1.27 bits per heavy atom. The molecule has 2 bridgehead atoms. The second-order valence-electron chi connectivity index (χ2n) is 10.1. The molecule has 1 N–H and O–H groups in total. The molecule has 9 heteroatoms. The fourth-order valence-electron chi connectivity index (χ4n) is 6.29. The molecule has 7 nitrogen and oxygen atoms in total. The summed E-state index contributed by atoms with van der Waals surface area (Å²) in [4.78, 5) is 44.9. The quantitative estimate of drug-likeness (QED) is 0.240. The van der Waals surface area contributed by atoms with E-state index in [1.807, 2.05) is 13.0 Å². The summed E-state index contributed by atoms with van der Waals surface area (Å²) in [5.41, 5.74) is 0.547. The van der Waals surface area contributed by atoms with E-state index >= 15 is 0 Å². The Hall–Kier alpha value is -2.29. The van der Waals surface area contributed by atoms with E-state index in [1.54, 1.807) is 51.9 Å². The van der Waals surface area contributed by atoms with Crippen molar-refractivity contribution in [2.75, 3.05) is 31.2 Å². The van der Waals surface area contributed by atoms with Gasteiger partial charge in [-0.2, -0.15) is 0 Å². The van der Waals surface area contributed by atoms with Gasteiger partial charge in [0.15, 0.2) is 0 Å². The third-order valence-corrected chi connectivity index (χ3v) is 10.1. The molecular formula is C28H35ClN2O5S. The minimum atomic E-state index is -0.793. The summed E-state index contributed by atoms with van der Waals surface area (Å²) < 4.78 is 4.39. The number of carbonyl (C=O) groups excluding carboxylic acids is 3. The number of anilines is 1. The van der Waals surface area contributed by atoms with Gasteiger partial charge in [-0.15, -0.1) is 24.9 Å². The van der Waals surface area contributed by atoms with Gasteiger partial charge < -0.3 is 19.6 Å². The van der Waals surface area contributed by atoms with Crippen molar-refractivity contribution in [1.29, 1.82) is 0 Å². The zero-order valence-electron chi connectivity index (χ0n) is 21.2. The predicted octanol–water partition coefficient (Wildman–Crippen LogP) is 4.23. The van der Waals surface area contributed by atoms with Gasteiger partial charge in [0.25, 0.3) is 5.91 Å². The molecule has 0 aromatic heterocycles. The van der Waals surface area contributed by atoms with Crippen LogP contribution in [0.2, 0.25) is 5.02 Å². The number of fused-ring (bicyclic) bond motifs is 1. The number of para-hydroxylation sites is 1. The van der Waals surface area contributed by atoms with Crippen LogP contribution in [-0.4, -0.2) is 69.6 Å². The lowest BCUT2D eigenvalue weighted by atomic mass is 9.66. The molecule has 1 aromatic carbocycles. The summed E-state index contributed by atoms with van der Waals surface area (Å²) in [5, 5.41) is 9.98. The van der Waals surface area contributed by atoms with Crippen molar-refractivity contribution in [3.63, 3.8) is 0 Å². The smallest absolute Gasteiger partial charge is 0.311 e. The molecule has 200 valence electrons. The molecule has 2 unspecified atom stereocenters. The number of unbranched alkanes of at least 4 members (excludes halogenated alkanes) is 1. The lowest BCUT2D eigenvalue weighted by molar-refractivity contribution is -0.155. The third-order valence-electron chi connectivity index (χ3n) is 7.84. The minimum absolute atomic E-state index is 0.108. The SMILES string of the molecule is C=CCCCOC(=O)[C@H]1[C@H]2C(=O)N(CCCO)C(C(=O)N(CC=C)c3ccccc3Cl)C23CC[C@]1(C)S3. The number of hydrogen-bond acceptors (Lipinski definition) is 6. The van der Waals surface area contributed by atoms with Gasteiger partial charge in [0, 0.05) is 24.4 Å². The van der Waals surface area contributed by atoms with Crippen LogP contribution in [0.5, 0.6) is 0 Å². The third kappa shape index (κ3) is 4.72. The first kappa shape index (κ1) is 27.7. The predicted molar refractivity (Wildman–Crippen MR) is 147 cm³/mol. The van der Waals surface area contributed by atoms with Gasteiger partial charge in [-0.3, -0.25) is 14.4 Å². The van der Waals surface area contributed by atoms with Crippen molar-refractivity contribution in [3.05, 3.63) is 54.6 Å². The number of rotatable bonds is 12. The topological polar surface area (TPSA) is 87.1 Å². The van der Waals surface area contributed by atoms with Gasteiger partial charge in [-0.1, -0.05) is 35.9 Å². The molecule has 2 amide bonds. The average molecular weight is 547 g/mol. The molecule has 0 aliphatic carbocycles. The Balaban J connectivity index is 1.73. The number of esters is 1. The van der Waals surface area contributed by atoms with Crippen LogP contribution in [0.4, 0.5) is 5.69 Å². The van der Waals surface area contributed by atoms with Crippen LogP contribution in [0.1, 0.15) is 39.0 Å². The van der Waals surface area contributed by atoms with Crippen LogP contribution in [0.3, 0.4) is 0 Å². The highest BCUT2D eigenvalue weighted by Gasteiger charge is 2.77. The van der Waals surface area contributed by atoms with Crippen molar-refractivity contribution in [1.82, 2.24) is 4.90 Å². The second kappa shape index (κ2) is 11.2. The Labute approximate surface area is 227 Å². The number of likely N-dealkylation sites (tertiary alicyclic amines) is 1. The van der Waals surface area contributed by atoms with E-state index in [4.69, 9.17) is 16.3 Å². The number of aliphatic hydroxyl groups is 1. The fraction of sp³-hybridized carbons (Fsp3) is 0.536. The van der Waals surface area contributed by atoms with Crippen LogP contribution >= 0.6 is 23.4 Å². The standard InChI is InChI=1S/C28H35ClN2O5S/c1-4-6-9-18-36-26(35)22-21-24(33)31(16-10-17-32)23(28(21)14-13-27(22,3)37-28)25(34)30(15-5-2)20-12-8-7-11-19(20)29/h4-5,7-8,11-12,21-23,32H,1-2,6,9-10,13-18H2,3H3/t21-,22+,23?,27-,28?/m0/s1. The summed E-state index contributed by atoms with van der Waals surface area (Å²) in [7, 11) is 0. The summed E-state index contributed by atoms with van der Waals surface area (Å²) >= 11 is 8.08. The maximum absolute atomic E-state index is 14.4. The second-order valence-corrected chi connectivity index (χ2v) is 12.4. The number of carbonyl (C=O) groups is 3. The zero-order chi connectivity index (χ0) is 26.8. The first-order valence-electron chi connectivity index (χ1n) is 12.8. The van der Waals surface area contributed by atoms with Gasteiger partial charge in [0.1, 0.15) is 6.04 Å². The lowest BCUT2D eigenvalue weighted by Crippen LogP contribution is -2.55. The number of allylic oxidation sites excluding steroid dienone is 1. The molecule has 1 spiro atoms. The summed E-state index contributed by atoms with van der Waals surface area (Å²) in [6, 6.07) is 6.31. The maximum atomic E-state index is 14.4. The first-order valence-corrected chi connectivity index (χ1v) is 14.0. The van der Waals surface area contributed by atoms with E-state index in [9.17, 15) is 19.5 Å². The molecule has 3 aliphatic heterocycles. The summed E-state index contributed by atoms with van der Waals surface area (Å²) in [5.74, 6) is -2.13. The highest BCUT2D eigenvalue weighted by molar-refractivity contribution is 8.02. The van der Waals surface area contributed by atoms with Crippen LogP contribution < -0.4 is 4.90 Å². The molecule has 37 heavy (non-hydrogen) atoms. The lowest BCUT2D eigenvalue weighted by Gasteiger charge is -2.37. The van der Waals surface area contributed by atoms with Gasteiger partial charge in [-0.05, 0) is 51.2 Å². The number of amides is 2. The van der Waals surface area contributed by atoms with E-state index in [1.165, 1.54) is 0 Å². The molecular weight excluding hydrogens is 512 g/mol. The zero-order valence-corrected chi connectivity index (χ0v) is 22.8. The Morgan fingerprint density at radius 3 is 2.70 bits per heavy atom. The normalized spacial score (nSPS) is 29.8. The highest BCUT2D eigenvalue weighted by Crippen LogP contribution is 2.71. The maximum Gasteiger partial charge on any atom is 0.311 e. The summed E-state index contributed by atoms with van der Waals surface area (Å²) in [6.07, 6.45) is 6.51. The molecule has 4 rings (SSSR count). The molecule has 3 saturated heterocycles. The van der Waals surface area contributed by atoms with Crippen molar-refractivity contribution in [2.24, 2.45) is 11.8 Å². The number of aliphatic hydroxyl groups excluding tert-OH is 1. The number of halogens is 1. The Kier molecular flexibility index (Phi) is 8.41. The first-order chi connectivity index (χ1) is 17.8. The van der Waals surface area contributed by atoms with Crippen molar-refractivity contribution < 1.29 is 24.2 Å². The van der Waals surface area contributed by atoms with Crippen LogP contribution in [0.25, 0.3) is 0 Å². The van der Waals surface area contributed by atoms with E-state index in [0.29, 0.717) is 36.4 Å². The van der Waals surface area contributed by atoms with Gasteiger partial charge in [-0.25, -0.2) is 0 Å². The van der Waals surface area contributed by atoms with Crippen molar-refractivity contribution in [2.45, 2.75) is 54.6 Å². The largest absolute Gasteiger partial charge is 0.465 e. The number of hydrogen-bond donors (Lipinski definition) is 1. The Bertz CT molecular complexity index is 1080. The minimum Gasteiger partial charge on any atom is -0.465 e. The monoisotopic (exact) mass is 546 g/mol. The molecule has 3 fully saturated rings. The van der Waals surface area contributed by atoms with E-state index < -0.39 is 27.4 Å². The molecule has 3 heterocycles. The molecule has 0 saturated carbocycles. The number of nitrogens with zero attached hydrogens (tertiary/aromatic N) is 2. The average Bonchev–Trinajstić information content (AvgIpc) is 3.44.